The number of rotatable bonds is 4. The fourth-order valence-corrected chi connectivity index (χ4v) is 2.63. The van der Waals surface area contributed by atoms with Gasteiger partial charge in [0.1, 0.15) is 5.82 Å². The minimum atomic E-state index is -0.255. The molecule has 1 heterocycles. The molecule has 0 radical (unpaired) electrons. The molecule has 1 aromatic rings. The Balaban J connectivity index is 1.80. The third-order valence-corrected chi connectivity index (χ3v) is 3.75. The molecule has 1 unspecified atom stereocenters. The molecule has 1 aromatic heterocycles. The van der Waals surface area contributed by atoms with Crippen LogP contribution in [0.1, 0.15) is 44.6 Å². The molecule has 17 heavy (non-hydrogen) atoms. The molecule has 2 nitrogen and oxygen atoms in total. The van der Waals surface area contributed by atoms with Crippen molar-refractivity contribution in [1.82, 2.24) is 10.3 Å². The first-order valence-electron chi connectivity index (χ1n) is 6.58. The summed E-state index contributed by atoms with van der Waals surface area (Å²) in [5.74, 6) is 0.528. The fourth-order valence-electron chi connectivity index (χ4n) is 2.63. The molecule has 0 saturated heterocycles. The summed E-state index contributed by atoms with van der Waals surface area (Å²) in [6, 6.07) is 2.06. The van der Waals surface area contributed by atoms with Crippen LogP contribution >= 0.6 is 0 Å². The van der Waals surface area contributed by atoms with Crippen molar-refractivity contribution in [3.63, 3.8) is 0 Å². The number of hydrogen-bond acceptors (Lipinski definition) is 2. The Kier molecular flexibility index (Phi) is 4.49. The van der Waals surface area contributed by atoms with Gasteiger partial charge >= 0.3 is 0 Å². The van der Waals surface area contributed by atoms with Crippen LogP contribution in [0.2, 0.25) is 0 Å². The molecule has 1 N–H and O–H groups in total. The van der Waals surface area contributed by atoms with E-state index in [4.69, 9.17) is 0 Å². The first-order valence-corrected chi connectivity index (χ1v) is 6.58. The summed E-state index contributed by atoms with van der Waals surface area (Å²) in [5.41, 5.74) is 0.924. The van der Waals surface area contributed by atoms with E-state index in [1.54, 1.807) is 12.3 Å². The third-order valence-electron chi connectivity index (χ3n) is 3.75. The van der Waals surface area contributed by atoms with Gasteiger partial charge in [0.15, 0.2) is 0 Å². The van der Waals surface area contributed by atoms with Gasteiger partial charge in [-0.3, -0.25) is 4.98 Å². The highest BCUT2D eigenvalue weighted by atomic mass is 19.1. The maximum Gasteiger partial charge on any atom is 0.141 e. The van der Waals surface area contributed by atoms with Crippen LogP contribution in [0.3, 0.4) is 0 Å². The van der Waals surface area contributed by atoms with Gasteiger partial charge in [-0.15, -0.1) is 0 Å². The van der Waals surface area contributed by atoms with Crippen molar-refractivity contribution in [3.8, 4) is 0 Å². The Bertz CT molecular complexity index is 348. The number of pyridine rings is 1. The second kappa shape index (κ2) is 6.10. The largest absolute Gasteiger partial charge is 0.310 e. The van der Waals surface area contributed by atoms with E-state index in [9.17, 15) is 4.39 Å². The highest BCUT2D eigenvalue weighted by molar-refractivity contribution is 5.09. The second-order valence-electron chi connectivity index (χ2n) is 5.08. The Morgan fingerprint density at radius 3 is 2.82 bits per heavy atom. The molecular formula is C14H21FN2. The maximum atomic E-state index is 13.0. The standard InChI is InChI=1S/C14H21FN2/c1-11(13-5-3-2-4-6-13)17-9-12-7-14(15)10-16-8-12/h7-8,10-11,13,17H,2-6,9H2,1H3. The van der Waals surface area contributed by atoms with Gasteiger partial charge in [-0.2, -0.15) is 0 Å². The van der Waals surface area contributed by atoms with Crippen molar-refractivity contribution in [2.24, 2.45) is 5.92 Å². The quantitative estimate of drug-likeness (QED) is 0.867. The van der Waals surface area contributed by atoms with E-state index in [1.165, 1.54) is 38.3 Å². The van der Waals surface area contributed by atoms with Gasteiger partial charge in [-0.25, -0.2) is 4.39 Å². The highest BCUT2D eigenvalue weighted by Gasteiger charge is 2.19. The van der Waals surface area contributed by atoms with Crippen LogP contribution in [0.25, 0.3) is 0 Å². The lowest BCUT2D eigenvalue weighted by molar-refractivity contribution is 0.280. The van der Waals surface area contributed by atoms with Crippen LogP contribution < -0.4 is 5.32 Å². The average Bonchev–Trinajstić information content (AvgIpc) is 2.37. The summed E-state index contributed by atoms with van der Waals surface area (Å²) in [7, 11) is 0. The normalized spacial score (nSPS) is 19.2. The maximum absolute atomic E-state index is 13.0. The topological polar surface area (TPSA) is 24.9 Å². The number of aromatic nitrogens is 1. The van der Waals surface area contributed by atoms with Gasteiger partial charge in [0.2, 0.25) is 0 Å². The predicted octanol–water partition coefficient (Wildman–Crippen LogP) is 3.28. The second-order valence-corrected chi connectivity index (χ2v) is 5.08. The van der Waals surface area contributed by atoms with E-state index in [0.29, 0.717) is 12.6 Å². The Hall–Kier alpha value is -0.960. The van der Waals surface area contributed by atoms with Crippen LogP contribution in [0.15, 0.2) is 18.5 Å². The third kappa shape index (κ3) is 3.77. The lowest BCUT2D eigenvalue weighted by Crippen LogP contribution is -2.34. The van der Waals surface area contributed by atoms with Crippen LogP contribution in [0.5, 0.6) is 0 Å². The van der Waals surface area contributed by atoms with Crippen molar-refractivity contribution in [2.45, 2.75) is 51.6 Å². The molecule has 0 aliphatic heterocycles. The molecule has 1 saturated carbocycles. The molecule has 0 spiro atoms. The summed E-state index contributed by atoms with van der Waals surface area (Å²) in [5, 5.41) is 3.49. The Labute approximate surface area is 103 Å². The molecule has 1 fully saturated rings. The number of hydrogen-bond donors (Lipinski definition) is 1. The van der Waals surface area contributed by atoms with E-state index >= 15 is 0 Å². The van der Waals surface area contributed by atoms with Crippen LogP contribution in [-0.4, -0.2) is 11.0 Å². The van der Waals surface area contributed by atoms with Crippen molar-refractivity contribution in [2.75, 3.05) is 0 Å². The van der Waals surface area contributed by atoms with Gasteiger partial charge in [-0.05, 0) is 37.3 Å². The van der Waals surface area contributed by atoms with Gasteiger partial charge in [0.05, 0.1) is 6.20 Å². The summed E-state index contributed by atoms with van der Waals surface area (Å²) >= 11 is 0. The summed E-state index contributed by atoms with van der Waals surface area (Å²) in [6.07, 6.45) is 9.73. The lowest BCUT2D eigenvalue weighted by atomic mass is 9.84. The number of nitrogens with zero attached hydrogens (tertiary/aromatic N) is 1. The smallest absolute Gasteiger partial charge is 0.141 e. The van der Waals surface area contributed by atoms with Crippen LogP contribution in [0.4, 0.5) is 4.39 Å². The van der Waals surface area contributed by atoms with E-state index < -0.39 is 0 Å². The minimum Gasteiger partial charge on any atom is -0.310 e. The van der Waals surface area contributed by atoms with E-state index in [2.05, 4.69) is 17.2 Å². The molecular weight excluding hydrogens is 215 g/mol. The molecule has 0 aromatic carbocycles. The molecule has 1 aliphatic rings. The molecule has 3 heteroatoms. The minimum absolute atomic E-state index is 0.255. The van der Waals surface area contributed by atoms with E-state index in [1.807, 2.05) is 0 Å². The Morgan fingerprint density at radius 2 is 2.12 bits per heavy atom. The highest BCUT2D eigenvalue weighted by Crippen LogP contribution is 2.26. The van der Waals surface area contributed by atoms with Crippen molar-refractivity contribution in [3.05, 3.63) is 29.8 Å². The molecule has 2 rings (SSSR count). The van der Waals surface area contributed by atoms with Gasteiger partial charge in [-0.1, -0.05) is 19.3 Å². The molecule has 1 atom stereocenters. The number of nitrogens with one attached hydrogen (secondary N) is 1. The zero-order valence-corrected chi connectivity index (χ0v) is 10.5. The van der Waals surface area contributed by atoms with Gasteiger partial charge in [0.25, 0.3) is 0 Å². The summed E-state index contributed by atoms with van der Waals surface area (Å²) in [4.78, 5) is 3.86. The fraction of sp³-hybridized carbons (Fsp3) is 0.643. The SMILES string of the molecule is CC(NCc1cncc(F)c1)C1CCCCC1. The van der Waals surface area contributed by atoms with Crippen molar-refractivity contribution >= 4 is 0 Å². The predicted molar refractivity (Wildman–Crippen MR) is 67.1 cm³/mol. The van der Waals surface area contributed by atoms with E-state index in [-0.39, 0.29) is 5.82 Å². The monoisotopic (exact) mass is 236 g/mol. The Morgan fingerprint density at radius 1 is 1.35 bits per heavy atom. The molecule has 94 valence electrons. The first kappa shape index (κ1) is 12.5. The van der Waals surface area contributed by atoms with Gasteiger partial charge in [0, 0.05) is 18.8 Å². The molecule has 0 amide bonds. The molecule has 0 bridgehead atoms. The molecule has 1 aliphatic carbocycles. The lowest BCUT2D eigenvalue weighted by Gasteiger charge is -2.28. The average molecular weight is 236 g/mol. The van der Waals surface area contributed by atoms with E-state index in [0.717, 1.165) is 11.5 Å². The zero-order valence-electron chi connectivity index (χ0n) is 10.5. The summed E-state index contributed by atoms with van der Waals surface area (Å²) < 4.78 is 13.0. The summed E-state index contributed by atoms with van der Waals surface area (Å²) in [6.45, 7) is 2.95. The van der Waals surface area contributed by atoms with Crippen LogP contribution in [-0.2, 0) is 6.54 Å². The first-order chi connectivity index (χ1) is 8.25. The van der Waals surface area contributed by atoms with Crippen molar-refractivity contribution < 1.29 is 4.39 Å². The van der Waals surface area contributed by atoms with Crippen LogP contribution in [0, 0.1) is 11.7 Å². The van der Waals surface area contributed by atoms with Crippen molar-refractivity contribution in [1.29, 1.82) is 0 Å². The van der Waals surface area contributed by atoms with Gasteiger partial charge < -0.3 is 5.32 Å². The zero-order chi connectivity index (χ0) is 12.1. The number of halogens is 1.